The number of nitrogens with two attached hydrogens (primary N) is 1. The van der Waals surface area contributed by atoms with Gasteiger partial charge in [0.25, 0.3) is 5.69 Å². The van der Waals surface area contributed by atoms with Crippen LogP contribution >= 0.6 is 11.6 Å². The van der Waals surface area contributed by atoms with Crippen molar-refractivity contribution >= 4 is 23.0 Å². The van der Waals surface area contributed by atoms with Crippen LogP contribution < -0.4 is 10.6 Å². The lowest BCUT2D eigenvalue weighted by atomic mass is 9.88. The summed E-state index contributed by atoms with van der Waals surface area (Å²) in [5.74, 6) is 0.658. The van der Waals surface area contributed by atoms with E-state index in [1.165, 1.54) is 6.07 Å². The zero-order valence-corrected chi connectivity index (χ0v) is 12.3. The molecule has 2 N–H and O–H groups in total. The summed E-state index contributed by atoms with van der Waals surface area (Å²) in [5.41, 5.74) is 6.56. The minimum atomic E-state index is -0.374. The van der Waals surface area contributed by atoms with Gasteiger partial charge in [0.2, 0.25) is 0 Å². The zero-order valence-electron chi connectivity index (χ0n) is 11.6. The minimum Gasteiger partial charge on any atom is -0.362 e. The number of halogens is 1. The van der Waals surface area contributed by atoms with Crippen LogP contribution in [0.1, 0.15) is 26.2 Å². The van der Waals surface area contributed by atoms with Crippen LogP contribution in [-0.2, 0) is 0 Å². The molecule has 0 aliphatic carbocycles. The van der Waals surface area contributed by atoms with Crippen molar-refractivity contribution in [2.24, 2.45) is 11.7 Å². The molecule has 1 heterocycles. The van der Waals surface area contributed by atoms with Gasteiger partial charge in [-0.15, -0.1) is 0 Å². The van der Waals surface area contributed by atoms with Crippen molar-refractivity contribution in [3.63, 3.8) is 0 Å². The highest BCUT2D eigenvalue weighted by molar-refractivity contribution is 6.30. The van der Waals surface area contributed by atoms with Crippen LogP contribution in [0.3, 0.4) is 0 Å². The Balaban J connectivity index is 2.33. The van der Waals surface area contributed by atoms with Crippen LogP contribution in [0.2, 0.25) is 5.02 Å². The maximum absolute atomic E-state index is 11.2. The predicted octanol–water partition coefficient (Wildman–Crippen LogP) is 3.20. The van der Waals surface area contributed by atoms with E-state index in [9.17, 15) is 10.1 Å². The van der Waals surface area contributed by atoms with Crippen LogP contribution in [0.4, 0.5) is 11.4 Å². The van der Waals surface area contributed by atoms with Gasteiger partial charge in [-0.2, -0.15) is 0 Å². The topological polar surface area (TPSA) is 72.4 Å². The van der Waals surface area contributed by atoms with Crippen molar-refractivity contribution in [2.75, 3.05) is 18.0 Å². The van der Waals surface area contributed by atoms with E-state index in [1.807, 2.05) is 0 Å². The SMILES string of the molecule is CCC1CCN(c2ccc(Cl)cc2[N+](=O)[O-])C(CN)C1. The monoisotopic (exact) mass is 297 g/mol. The Hall–Kier alpha value is -1.33. The fourth-order valence-electron chi connectivity index (χ4n) is 2.93. The van der Waals surface area contributed by atoms with Crippen molar-refractivity contribution < 1.29 is 4.92 Å². The van der Waals surface area contributed by atoms with E-state index < -0.39 is 0 Å². The fourth-order valence-corrected chi connectivity index (χ4v) is 3.10. The van der Waals surface area contributed by atoms with Gasteiger partial charge in [0.1, 0.15) is 5.69 Å². The Bertz CT molecular complexity index is 495. The molecule has 0 aromatic heterocycles. The molecule has 2 rings (SSSR count). The van der Waals surface area contributed by atoms with Gasteiger partial charge < -0.3 is 10.6 Å². The minimum absolute atomic E-state index is 0.0610. The second kappa shape index (κ2) is 6.41. The third-order valence-electron chi connectivity index (χ3n) is 4.12. The summed E-state index contributed by atoms with van der Waals surface area (Å²) in [5, 5.41) is 11.6. The lowest BCUT2D eigenvalue weighted by Crippen LogP contribution is -2.47. The standard InChI is InChI=1S/C14H20ClN3O2/c1-2-10-5-6-17(12(7-10)9-16)13-4-3-11(15)8-14(13)18(19)20/h3-4,8,10,12H,2,5-7,9,16H2,1H3. The van der Waals surface area contributed by atoms with Gasteiger partial charge in [0, 0.05) is 30.2 Å². The Labute approximate surface area is 123 Å². The highest BCUT2D eigenvalue weighted by Gasteiger charge is 2.30. The van der Waals surface area contributed by atoms with E-state index in [2.05, 4.69) is 11.8 Å². The summed E-state index contributed by atoms with van der Waals surface area (Å²) in [7, 11) is 0. The first kappa shape index (κ1) is 15.1. The molecular weight excluding hydrogens is 278 g/mol. The highest BCUT2D eigenvalue weighted by atomic mass is 35.5. The van der Waals surface area contributed by atoms with Gasteiger partial charge in [-0.3, -0.25) is 10.1 Å². The van der Waals surface area contributed by atoms with Gasteiger partial charge in [-0.05, 0) is 30.9 Å². The number of nitrogens with zero attached hydrogens (tertiary/aromatic N) is 2. The summed E-state index contributed by atoms with van der Waals surface area (Å²) in [6, 6.07) is 5.00. The number of hydrogen-bond donors (Lipinski definition) is 1. The fraction of sp³-hybridized carbons (Fsp3) is 0.571. The third kappa shape index (κ3) is 3.04. The molecule has 1 saturated heterocycles. The van der Waals surface area contributed by atoms with Crippen LogP contribution in [-0.4, -0.2) is 24.1 Å². The predicted molar refractivity (Wildman–Crippen MR) is 81.3 cm³/mol. The first-order valence-corrected chi connectivity index (χ1v) is 7.35. The summed E-state index contributed by atoms with van der Waals surface area (Å²) in [6.07, 6.45) is 3.17. The Kier molecular flexibility index (Phi) is 4.83. The van der Waals surface area contributed by atoms with Gasteiger partial charge in [-0.1, -0.05) is 24.9 Å². The molecule has 0 saturated carbocycles. The van der Waals surface area contributed by atoms with E-state index >= 15 is 0 Å². The maximum atomic E-state index is 11.2. The Morgan fingerprint density at radius 2 is 2.30 bits per heavy atom. The number of piperidine rings is 1. The van der Waals surface area contributed by atoms with Crippen LogP contribution in [0.25, 0.3) is 0 Å². The highest BCUT2D eigenvalue weighted by Crippen LogP contribution is 2.36. The van der Waals surface area contributed by atoms with Crippen LogP contribution in [0, 0.1) is 16.0 Å². The van der Waals surface area contributed by atoms with Gasteiger partial charge in [0.15, 0.2) is 0 Å². The number of benzene rings is 1. The molecule has 110 valence electrons. The zero-order chi connectivity index (χ0) is 14.7. The van der Waals surface area contributed by atoms with Crippen LogP contribution in [0.5, 0.6) is 0 Å². The lowest BCUT2D eigenvalue weighted by molar-refractivity contribution is -0.384. The molecule has 0 bridgehead atoms. The average molecular weight is 298 g/mol. The molecule has 0 spiro atoms. The summed E-state index contributed by atoms with van der Waals surface area (Å²) in [6.45, 7) is 3.50. The van der Waals surface area contributed by atoms with Crippen molar-refractivity contribution in [1.29, 1.82) is 0 Å². The Morgan fingerprint density at radius 3 is 2.90 bits per heavy atom. The number of hydrogen-bond acceptors (Lipinski definition) is 4. The van der Waals surface area contributed by atoms with E-state index in [-0.39, 0.29) is 16.7 Å². The van der Waals surface area contributed by atoms with E-state index in [4.69, 9.17) is 17.3 Å². The molecule has 2 unspecified atom stereocenters. The first-order chi connectivity index (χ1) is 9.56. The van der Waals surface area contributed by atoms with Gasteiger partial charge >= 0.3 is 0 Å². The molecule has 1 aliphatic rings. The first-order valence-electron chi connectivity index (χ1n) is 6.97. The molecule has 1 aliphatic heterocycles. The molecule has 2 atom stereocenters. The lowest BCUT2D eigenvalue weighted by Gasteiger charge is -2.40. The summed E-state index contributed by atoms with van der Waals surface area (Å²) >= 11 is 5.87. The molecular formula is C14H20ClN3O2. The molecule has 20 heavy (non-hydrogen) atoms. The number of nitro groups is 1. The quantitative estimate of drug-likeness (QED) is 0.684. The second-order valence-electron chi connectivity index (χ2n) is 5.27. The smallest absolute Gasteiger partial charge is 0.294 e. The van der Waals surface area contributed by atoms with Gasteiger partial charge in [0.05, 0.1) is 4.92 Å². The van der Waals surface area contributed by atoms with Gasteiger partial charge in [-0.25, -0.2) is 0 Å². The normalized spacial score (nSPS) is 22.9. The van der Waals surface area contributed by atoms with Crippen LogP contribution in [0.15, 0.2) is 18.2 Å². The summed E-state index contributed by atoms with van der Waals surface area (Å²) < 4.78 is 0. The summed E-state index contributed by atoms with van der Waals surface area (Å²) in [4.78, 5) is 12.9. The van der Waals surface area contributed by atoms with Crippen molar-refractivity contribution in [2.45, 2.75) is 32.2 Å². The second-order valence-corrected chi connectivity index (χ2v) is 5.71. The van der Waals surface area contributed by atoms with E-state index in [1.54, 1.807) is 12.1 Å². The molecule has 0 radical (unpaired) electrons. The van der Waals surface area contributed by atoms with Crippen molar-refractivity contribution in [1.82, 2.24) is 0 Å². The molecule has 1 aromatic carbocycles. The largest absolute Gasteiger partial charge is 0.362 e. The van der Waals surface area contributed by atoms with E-state index in [0.29, 0.717) is 23.2 Å². The van der Waals surface area contributed by atoms with Crippen molar-refractivity contribution in [3.8, 4) is 0 Å². The molecule has 6 heteroatoms. The number of anilines is 1. The molecule has 5 nitrogen and oxygen atoms in total. The number of nitro benzene ring substituents is 1. The number of rotatable bonds is 4. The molecule has 0 amide bonds. The Morgan fingerprint density at radius 1 is 1.55 bits per heavy atom. The van der Waals surface area contributed by atoms with Crippen molar-refractivity contribution in [3.05, 3.63) is 33.3 Å². The maximum Gasteiger partial charge on any atom is 0.294 e. The van der Waals surface area contributed by atoms with E-state index in [0.717, 1.165) is 25.8 Å². The molecule has 1 aromatic rings. The molecule has 1 fully saturated rings. The average Bonchev–Trinajstić information content (AvgIpc) is 2.46. The third-order valence-corrected chi connectivity index (χ3v) is 4.35.